The molecule has 29 heavy (non-hydrogen) atoms. The quantitative estimate of drug-likeness (QED) is 0.753. The molecule has 6 nitrogen and oxygen atoms in total. The summed E-state index contributed by atoms with van der Waals surface area (Å²) in [6.07, 6.45) is 0.357. The summed E-state index contributed by atoms with van der Waals surface area (Å²) < 4.78 is 5.24. The van der Waals surface area contributed by atoms with Gasteiger partial charge in [0.2, 0.25) is 11.8 Å². The van der Waals surface area contributed by atoms with Crippen LogP contribution in [0.2, 0.25) is 0 Å². The van der Waals surface area contributed by atoms with E-state index in [0.29, 0.717) is 32.6 Å². The highest BCUT2D eigenvalue weighted by atomic mass is 16.5. The Morgan fingerprint density at radius 3 is 2.31 bits per heavy atom. The highest BCUT2D eigenvalue weighted by Crippen LogP contribution is 2.24. The van der Waals surface area contributed by atoms with E-state index in [9.17, 15) is 9.59 Å². The van der Waals surface area contributed by atoms with Gasteiger partial charge in [-0.15, -0.1) is 0 Å². The molecule has 1 fully saturated rings. The number of benzene rings is 2. The molecule has 1 aliphatic heterocycles. The smallest absolute Gasteiger partial charge is 0.244 e. The summed E-state index contributed by atoms with van der Waals surface area (Å²) in [5, 5.41) is 0. The molecule has 6 heteroatoms. The van der Waals surface area contributed by atoms with E-state index in [1.54, 1.807) is 26.1 Å². The Kier molecular flexibility index (Phi) is 6.88. The summed E-state index contributed by atoms with van der Waals surface area (Å²) in [6, 6.07) is 17.1. The summed E-state index contributed by atoms with van der Waals surface area (Å²) in [6.45, 7) is 2.58. The molecule has 0 aliphatic carbocycles. The Bertz CT molecular complexity index is 830. The van der Waals surface area contributed by atoms with E-state index in [-0.39, 0.29) is 17.9 Å². The number of hydrogen-bond donors (Lipinski definition) is 0. The van der Waals surface area contributed by atoms with Gasteiger partial charge in [0.15, 0.2) is 0 Å². The molecule has 1 atom stereocenters. The average molecular weight is 396 g/mol. The minimum absolute atomic E-state index is 0.0624. The molecular formula is C23H29N3O3. The van der Waals surface area contributed by atoms with Crippen LogP contribution in [0.15, 0.2) is 54.6 Å². The molecular weight excluding hydrogens is 366 g/mol. The number of carbonyl (C=O) groups excluding carboxylic acids is 2. The summed E-state index contributed by atoms with van der Waals surface area (Å²) in [5.74, 6) is 0.925. The first-order valence-electron chi connectivity index (χ1n) is 9.90. The first kappa shape index (κ1) is 20.9. The lowest BCUT2D eigenvalue weighted by atomic mass is 10.0. The predicted molar refractivity (Wildman–Crippen MR) is 113 cm³/mol. The van der Waals surface area contributed by atoms with Gasteiger partial charge in [0.1, 0.15) is 11.8 Å². The van der Waals surface area contributed by atoms with E-state index in [2.05, 4.69) is 4.90 Å². The maximum atomic E-state index is 12.9. The van der Waals surface area contributed by atoms with Gasteiger partial charge in [0, 0.05) is 40.3 Å². The fraction of sp³-hybridized carbons (Fsp3) is 0.391. The van der Waals surface area contributed by atoms with Crippen molar-refractivity contribution in [2.24, 2.45) is 0 Å². The molecule has 0 radical (unpaired) electrons. The van der Waals surface area contributed by atoms with Gasteiger partial charge in [0.05, 0.1) is 13.5 Å². The van der Waals surface area contributed by atoms with Gasteiger partial charge in [0.25, 0.3) is 0 Å². The lowest BCUT2D eigenvalue weighted by molar-refractivity contribution is -0.137. The van der Waals surface area contributed by atoms with Gasteiger partial charge in [-0.2, -0.15) is 0 Å². The minimum atomic E-state index is -0.318. The third kappa shape index (κ3) is 5.15. The fourth-order valence-corrected chi connectivity index (χ4v) is 3.69. The van der Waals surface area contributed by atoms with Crippen LogP contribution >= 0.6 is 0 Å². The van der Waals surface area contributed by atoms with Crippen molar-refractivity contribution in [2.75, 3.05) is 47.4 Å². The van der Waals surface area contributed by atoms with E-state index in [4.69, 9.17) is 4.74 Å². The zero-order chi connectivity index (χ0) is 20.8. The van der Waals surface area contributed by atoms with E-state index in [1.807, 2.05) is 59.5 Å². The SMILES string of the molecule is COc1cccc(CC(=O)N2CCN(C(C(=O)N(C)C)c3ccccc3)CC2)c1. The zero-order valence-corrected chi connectivity index (χ0v) is 17.4. The molecule has 0 spiro atoms. The molecule has 2 amide bonds. The van der Waals surface area contributed by atoms with Gasteiger partial charge < -0.3 is 14.5 Å². The van der Waals surface area contributed by atoms with Gasteiger partial charge in [-0.25, -0.2) is 0 Å². The molecule has 0 saturated carbocycles. The van der Waals surface area contributed by atoms with Crippen LogP contribution in [0.25, 0.3) is 0 Å². The second-order valence-electron chi connectivity index (χ2n) is 7.49. The number of piperazine rings is 1. The van der Waals surface area contributed by atoms with Crippen LogP contribution < -0.4 is 4.74 Å². The molecule has 154 valence electrons. The molecule has 0 bridgehead atoms. The number of amides is 2. The van der Waals surface area contributed by atoms with Crippen molar-refractivity contribution in [3.05, 3.63) is 65.7 Å². The normalized spacial score (nSPS) is 15.6. The van der Waals surface area contributed by atoms with E-state index in [1.165, 1.54) is 0 Å². The van der Waals surface area contributed by atoms with Gasteiger partial charge in [-0.1, -0.05) is 42.5 Å². The summed E-state index contributed by atoms with van der Waals surface area (Å²) in [7, 11) is 5.19. The van der Waals surface area contributed by atoms with Crippen LogP contribution in [0.5, 0.6) is 5.75 Å². The molecule has 1 unspecified atom stereocenters. The molecule has 1 saturated heterocycles. The maximum absolute atomic E-state index is 12.9. The number of likely N-dealkylation sites (N-methyl/N-ethyl adjacent to an activating group) is 1. The number of nitrogens with zero attached hydrogens (tertiary/aromatic N) is 3. The second-order valence-corrected chi connectivity index (χ2v) is 7.49. The van der Waals surface area contributed by atoms with Crippen LogP contribution in [-0.2, 0) is 16.0 Å². The summed E-state index contributed by atoms with van der Waals surface area (Å²) >= 11 is 0. The first-order chi connectivity index (χ1) is 14.0. The standard InChI is InChI=1S/C23H29N3O3/c1-24(2)23(28)22(19-9-5-4-6-10-19)26-14-12-25(13-15-26)21(27)17-18-8-7-11-20(16-18)29-3/h4-11,16,22H,12-15,17H2,1-3H3. The van der Waals surface area contributed by atoms with E-state index in [0.717, 1.165) is 16.9 Å². The van der Waals surface area contributed by atoms with Crippen LogP contribution in [-0.4, -0.2) is 73.9 Å². The fourth-order valence-electron chi connectivity index (χ4n) is 3.69. The number of hydrogen-bond acceptors (Lipinski definition) is 4. The molecule has 1 heterocycles. The van der Waals surface area contributed by atoms with Crippen molar-refractivity contribution in [3.8, 4) is 5.75 Å². The number of carbonyl (C=O) groups is 2. The van der Waals surface area contributed by atoms with Crippen molar-refractivity contribution < 1.29 is 14.3 Å². The molecule has 2 aromatic rings. The van der Waals surface area contributed by atoms with Crippen LogP contribution in [0.3, 0.4) is 0 Å². The van der Waals surface area contributed by atoms with E-state index < -0.39 is 0 Å². The van der Waals surface area contributed by atoms with Crippen molar-refractivity contribution in [3.63, 3.8) is 0 Å². The van der Waals surface area contributed by atoms with Crippen LogP contribution in [0, 0.1) is 0 Å². The minimum Gasteiger partial charge on any atom is -0.497 e. The van der Waals surface area contributed by atoms with Gasteiger partial charge >= 0.3 is 0 Å². The highest BCUT2D eigenvalue weighted by Gasteiger charge is 2.32. The number of ether oxygens (including phenoxy) is 1. The maximum Gasteiger partial charge on any atom is 0.244 e. The number of rotatable bonds is 6. The first-order valence-corrected chi connectivity index (χ1v) is 9.90. The Balaban J connectivity index is 1.64. The van der Waals surface area contributed by atoms with Crippen molar-refractivity contribution in [1.82, 2.24) is 14.7 Å². The Morgan fingerprint density at radius 2 is 1.69 bits per heavy atom. The third-order valence-corrected chi connectivity index (χ3v) is 5.31. The Hall–Kier alpha value is -2.86. The van der Waals surface area contributed by atoms with Crippen LogP contribution in [0.1, 0.15) is 17.2 Å². The van der Waals surface area contributed by atoms with Crippen LogP contribution in [0.4, 0.5) is 0 Å². The lowest BCUT2D eigenvalue weighted by Gasteiger charge is -2.39. The van der Waals surface area contributed by atoms with Gasteiger partial charge in [-0.3, -0.25) is 14.5 Å². The number of methoxy groups -OCH3 is 1. The summed E-state index contributed by atoms with van der Waals surface area (Å²) in [4.78, 5) is 31.3. The topological polar surface area (TPSA) is 53.1 Å². The second kappa shape index (κ2) is 9.56. The van der Waals surface area contributed by atoms with Gasteiger partial charge in [-0.05, 0) is 23.3 Å². The molecule has 1 aliphatic rings. The Morgan fingerprint density at radius 1 is 1.00 bits per heavy atom. The zero-order valence-electron chi connectivity index (χ0n) is 17.4. The van der Waals surface area contributed by atoms with Crippen molar-refractivity contribution >= 4 is 11.8 Å². The molecule has 0 N–H and O–H groups in total. The van der Waals surface area contributed by atoms with E-state index >= 15 is 0 Å². The molecule has 2 aromatic carbocycles. The third-order valence-electron chi connectivity index (χ3n) is 5.31. The van der Waals surface area contributed by atoms with Crippen molar-refractivity contribution in [1.29, 1.82) is 0 Å². The summed E-state index contributed by atoms with van der Waals surface area (Å²) in [5.41, 5.74) is 1.93. The average Bonchev–Trinajstić information content (AvgIpc) is 2.75. The molecule has 0 aromatic heterocycles. The highest BCUT2D eigenvalue weighted by molar-refractivity contribution is 5.83. The predicted octanol–water partition coefficient (Wildman–Crippen LogP) is 2.21. The molecule has 3 rings (SSSR count). The monoisotopic (exact) mass is 395 g/mol. The lowest BCUT2D eigenvalue weighted by Crippen LogP contribution is -2.52. The Labute approximate surface area is 172 Å². The van der Waals surface area contributed by atoms with Crippen molar-refractivity contribution in [2.45, 2.75) is 12.5 Å². The largest absolute Gasteiger partial charge is 0.497 e.